The standard InChI is InChI=1S/2BrO.Ca/c2*1-2;/q2*-1;+2. The van der Waals surface area contributed by atoms with Crippen LogP contribution in [0.4, 0.5) is 0 Å². The van der Waals surface area contributed by atoms with E-state index in [2.05, 4.69) is 0 Å². The van der Waals surface area contributed by atoms with Crippen LogP contribution < -0.4 is 8.40 Å². The van der Waals surface area contributed by atoms with Gasteiger partial charge in [0.1, 0.15) is 0 Å². The average molecular weight is 232 g/mol. The topological polar surface area (TPSA) is 46.1 Å². The molecule has 0 N–H and O–H groups in total. The molecule has 0 atom stereocenters. The van der Waals surface area contributed by atoms with Gasteiger partial charge in [0.2, 0.25) is 0 Å². The van der Waals surface area contributed by atoms with Crippen molar-refractivity contribution in [3.8, 4) is 0 Å². The van der Waals surface area contributed by atoms with Crippen molar-refractivity contribution in [1.82, 2.24) is 0 Å². The SMILES string of the molecule is [Ca+2].[O-]Br.[O-]Br. The molecule has 0 heterocycles. The molecule has 0 unspecified atom stereocenters. The van der Waals surface area contributed by atoms with E-state index >= 15 is 0 Å². The first kappa shape index (κ1) is 15.7. The second kappa shape index (κ2) is 35.4. The smallest absolute Gasteiger partial charge is 0.791 e. The van der Waals surface area contributed by atoms with Crippen LogP contribution in [0.25, 0.3) is 0 Å². The van der Waals surface area contributed by atoms with Crippen LogP contribution in [-0.2, 0) is 0 Å². The third kappa shape index (κ3) is 23.0. The zero-order valence-corrected chi connectivity index (χ0v) is 7.66. The number of rotatable bonds is 0. The fourth-order valence-corrected chi connectivity index (χ4v) is 0. The molecule has 0 rings (SSSR count). The number of hydrogen-bond acceptors (Lipinski definition) is 2. The molecule has 0 radical (unpaired) electrons. The Labute approximate surface area is 77.5 Å². The molecule has 0 amide bonds. The van der Waals surface area contributed by atoms with Crippen molar-refractivity contribution in [1.29, 1.82) is 0 Å². The van der Waals surface area contributed by atoms with Crippen LogP contribution >= 0.6 is 32.5 Å². The van der Waals surface area contributed by atoms with E-state index in [1.807, 2.05) is 0 Å². The Morgan fingerprint density at radius 3 is 0.800 bits per heavy atom. The van der Waals surface area contributed by atoms with Gasteiger partial charge < -0.3 is 8.40 Å². The summed E-state index contributed by atoms with van der Waals surface area (Å²) >= 11 is 3.38. The predicted molar refractivity (Wildman–Crippen MR) is 23.6 cm³/mol. The summed E-state index contributed by atoms with van der Waals surface area (Å²) in [5.41, 5.74) is 0. The molecule has 0 aliphatic rings. The largest absolute Gasteiger partial charge is 2.00 e. The summed E-state index contributed by atoms with van der Waals surface area (Å²) in [6.07, 6.45) is 0. The summed E-state index contributed by atoms with van der Waals surface area (Å²) in [6, 6.07) is 0. The van der Waals surface area contributed by atoms with E-state index < -0.39 is 0 Å². The summed E-state index contributed by atoms with van der Waals surface area (Å²) in [4.78, 5) is 0. The Morgan fingerprint density at radius 1 is 0.800 bits per heavy atom. The van der Waals surface area contributed by atoms with Gasteiger partial charge >= 0.3 is 37.7 Å². The van der Waals surface area contributed by atoms with E-state index in [1.165, 1.54) is 0 Å². The second-order valence-electron chi connectivity index (χ2n) is 0. The monoisotopic (exact) mass is 230 g/mol. The molecule has 0 saturated carbocycles. The van der Waals surface area contributed by atoms with E-state index in [0.29, 0.717) is 0 Å². The Bertz CT molecular complexity index is 7.61. The van der Waals surface area contributed by atoms with Gasteiger partial charge in [0.15, 0.2) is 0 Å². The van der Waals surface area contributed by atoms with Gasteiger partial charge in [-0.2, -0.15) is 0 Å². The van der Waals surface area contributed by atoms with Crippen LogP contribution in [-0.4, -0.2) is 37.7 Å². The Balaban J connectivity index is -0.0000000133. The average Bonchev–Trinajstić information content (AvgIpc) is 1.50. The molecule has 28 valence electrons. The summed E-state index contributed by atoms with van der Waals surface area (Å²) in [7, 11) is 0. The van der Waals surface area contributed by atoms with Gasteiger partial charge in [-0.3, -0.25) is 0 Å². The van der Waals surface area contributed by atoms with Gasteiger partial charge in [-0.1, -0.05) is 0 Å². The third-order valence-corrected chi connectivity index (χ3v) is 0. The Morgan fingerprint density at radius 2 is 0.800 bits per heavy atom. The molecule has 5 heavy (non-hydrogen) atoms. The predicted octanol–water partition coefficient (Wildman–Crippen LogP) is -1.07. The molecule has 0 spiro atoms. The molecule has 0 aromatic heterocycles. The minimum Gasteiger partial charge on any atom is -0.791 e. The van der Waals surface area contributed by atoms with Gasteiger partial charge in [-0.25, -0.2) is 32.5 Å². The van der Waals surface area contributed by atoms with Gasteiger partial charge in [-0.05, 0) is 0 Å². The molecule has 0 aromatic carbocycles. The van der Waals surface area contributed by atoms with Crippen LogP contribution in [0.15, 0.2) is 0 Å². The van der Waals surface area contributed by atoms with E-state index in [-0.39, 0.29) is 37.7 Å². The van der Waals surface area contributed by atoms with E-state index in [1.54, 1.807) is 32.5 Å². The van der Waals surface area contributed by atoms with Crippen molar-refractivity contribution in [2.75, 3.05) is 0 Å². The molecule has 5 heteroatoms. The molecule has 2 nitrogen and oxygen atoms in total. The van der Waals surface area contributed by atoms with Gasteiger partial charge in [0.25, 0.3) is 0 Å². The molecule has 0 aromatic rings. The van der Waals surface area contributed by atoms with Gasteiger partial charge in [0, 0.05) is 0 Å². The first-order valence-corrected chi connectivity index (χ1v) is 1.60. The molecule has 0 aliphatic heterocycles. The third-order valence-electron chi connectivity index (χ3n) is 0. The zero-order chi connectivity index (χ0) is 4.00. The maximum atomic E-state index is 8.06. The van der Waals surface area contributed by atoms with Crippen LogP contribution in [0.3, 0.4) is 0 Å². The summed E-state index contributed by atoms with van der Waals surface area (Å²) < 4.78 is 16.1. The van der Waals surface area contributed by atoms with Crippen LogP contribution in [0.5, 0.6) is 0 Å². The Hall–Kier alpha value is 2.14. The van der Waals surface area contributed by atoms with Crippen molar-refractivity contribution in [2.45, 2.75) is 0 Å². The minimum absolute atomic E-state index is 0. The molecule has 0 aliphatic carbocycles. The maximum absolute atomic E-state index is 8.06. The fraction of sp³-hybridized carbons (Fsp3) is 0. The quantitative estimate of drug-likeness (QED) is 0.499. The first-order valence-electron chi connectivity index (χ1n) is 0.309. The van der Waals surface area contributed by atoms with Crippen LogP contribution in [0.1, 0.15) is 0 Å². The molecule has 0 fully saturated rings. The summed E-state index contributed by atoms with van der Waals surface area (Å²) in [6.45, 7) is 0. The summed E-state index contributed by atoms with van der Waals surface area (Å²) in [5, 5.41) is 0. The number of halogens is 2. The minimum atomic E-state index is 0. The van der Waals surface area contributed by atoms with E-state index in [0.717, 1.165) is 0 Å². The second-order valence-corrected chi connectivity index (χ2v) is 0. The van der Waals surface area contributed by atoms with Gasteiger partial charge in [0.05, 0.1) is 0 Å². The normalized spacial score (nSPS) is 2.40. The number of hydrogen-bond donors (Lipinski definition) is 0. The van der Waals surface area contributed by atoms with Crippen molar-refractivity contribution in [2.24, 2.45) is 0 Å². The van der Waals surface area contributed by atoms with Crippen molar-refractivity contribution < 1.29 is 8.40 Å². The molecule has 0 bridgehead atoms. The maximum Gasteiger partial charge on any atom is 2.00 e. The molecule has 0 saturated heterocycles. The Kier molecular flexibility index (Phi) is 111. The van der Waals surface area contributed by atoms with E-state index in [9.17, 15) is 0 Å². The van der Waals surface area contributed by atoms with E-state index in [4.69, 9.17) is 8.40 Å². The fourth-order valence-electron chi connectivity index (χ4n) is 0. The molecular weight excluding hydrogens is 232 g/mol. The zero-order valence-electron chi connectivity index (χ0n) is 2.28. The van der Waals surface area contributed by atoms with Gasteiger partial charge in [-0.15, -0.1) is 0 Å². The van der Waals surface area contributed by atoms with Crippen molar-refractivity contribution >= 4 is 70.3 Å². The summed E-state index contributed by atoms with van der Waals surface area (Å²) in [5.74, 6) is 0. The molecular formula is Br2CaO2. The van der Waals surface area contributed by atoms with Crippen LogP contribution in [0, 0.1) is 0 Å². The van der Waals surface area contributed by atoms with Crippen LogP contribution in [0.2, 0.25) is 0 Å². The van der Waals surface area contributed by atoms with Crippen molar-refractivity contribution in [3.63, 3.8) is 0 Å². The van der Waals surface area contributed by atoms with Crippen molar-refractivity contribution in [3.05, 3.63) is 0 Å². The first-order chi connectivity index (χ1) is 2.00.